The lowest BCUT2D eigenvalue weighted by Gasteiger charge is -2.24. The minimum absolute atomic E-state index is 0.0555. The molecule has 1 aliphatic heterocycles. The van der Waals surface area contributed by atoms with Gasteiger partial charge in [0.1, 0.15) is 5.75 Å². The van der Waals surface area contributed by atoms with Crippen LogP contribution in [-0.2, 0) is 4.79 Å². The number of nitrogens with one attached hydrogen (secondary N) is 1. The molecule has 0 spiro atoms. The van der Waals surface area contributed by atoms with Crippen molar-refractivity contribution in [1.82, 2.24) is 5.32 Å². The molecular weight excluding hydrogens is 228 g/mol. The highest BCUT2D eigenvalue weighted by atomic mass is 16.5. The molecule has 4 heteroatoms. The fourth-order valence-corrected chi connectivity index (χ4v) is 2.41. The summed E-state index contributed by atoms with van der Waals surface area (Å²) in [5.41, 5.74) is 0.823. The first-order chi connectivity index (χ1) is 8.65. The van der Waals surface area contributed by atoms with E-state index in [0.29, 0.717) is 5.92 Å². The minimum atomic E-state index is 0.0555. The van der Waals surface area contributed by atoms with Crippen molar-refractivity contribution >= 4 is 11.6 Å². The maximum absolute atomic E-state index is 12.5. The van der Waals surface area contributed by atoms with Crippen LogP contribution in [0, 0.1) is 11.8 Å². The third-order valence-electron chi connectivity index (χ3n) is 3.61. The van der Waals surface area contributed by atoms with Crippen molar-refractivity contribution in [3.63, 3.8) is 0 Å². The van der Waals surface area contributed by atoms with E-state index in [1.165, 1.54) is 0 Å². The Morgan fingerprint density at radius 1 is 1.39 bits per heavy atom. The van der Waals surface area contributed by atoms with E-state index in [9.17, 15) is 4.79 Å². The number of carbonyl (C=O) groups excluding carboxylic acids is 1. The van der Waals surface area contributed by atoms with Gasteiger partial charge in [0.05, 0.1) is 18.7 Å². The predicted octanol–water partition coefficient (Wildman–Crippen LogP) is 1.51. The molecule has 0 bridgehead atoms. The molecule has 1 heterocycles. The Hall–Kier alpha value is -1.55. The summed E-state index contributed by atoms with van der Waals surface area (Å²) in [6, 6.07) is 7.59. The van der Waals surface area contributed by atoms with Crippen molar-refractivity contribution in [2.75, 3.05) is 32.1 Å². The Balaban J connectivity index is 2.20. The lowest BCUT2D eigenvalue weighted by Crippen LogP contribution is -2.36. The number of methoxy groups -OCH3 is 1. The maximum Gasteiger partial charge on any atom is 0.231 e. The summed E-state index contributed by atoms with van der Waals surface area (Å²) in [5.74, 6) is 1.32. The largest absolute Gasteiger partial charge is 0.495 e. The number of hydrogen-bond donors (Lipinski definition) is 1. The van der Waals surface area contributed by atoms with Crippen molar-refractivity contribution in [3.05, 3.63) is 24.3 Å². The molecule has 1 aliphatic rings. The van der Waals surface area contributed by atoms with Gasteiger partial charge in [0.15, 0.2) is 0 Å². The summed E-state index contributed by atoms with van der Waals surface area (Å²) in [4.78, 5) is 14.2. The molecule has 1 amide bonds. The van der Waals surface area contributed by atoms with E-state index in [2.05, 4.69) is 12.2 Å². The highest BCUT2D eigenvalue weighted by Crippen LogP contribution is 2.29. The van der Waals surface area contributed by atoms with Crippen LogP contribution in [0.25, 0.3) is 0 Å². The van der Waals surface area contributed by atoms with E-state index in [1.807, 2.05) is 31.3 Å². The van der Waals surface area contributed by atoms with Crippen LogP contribution in [0.5, 0.6) is 5.75 Å². The molecule has 1 fully saturated rings. The van der Waals surface area contributed by atoms with Gasteiger partial charge in [-0.2, -0.15) is 0 Å². The number of nitrogens with zero attached hydrogens (tertiary/aromatic N) is 1. The van der Waals surface area contributed by atoms with Gasteiger partial charge >= 0.3 is 0 Å². The van der Waals surface area contributed by atoms with E-state index in [0.717, 1.165) is 24.5 Å². The van der Waals surface area contributed by atoms with E-state index in [-0.39, 0.29) is 11.8 Å². The standard InChI is InChI=1S/C14H20N2O2/c1-10-8-15-9-11(10)14(17)16(2)12-6-4-5-7-13(12)18-3/h4-7,10-11,15H,8-9H2,1-3H3/t10-,11-/m1/s1. The zero-order valence-corrected chi connectivity index (χ0v) is 11.1. The third kappa shape index (κ3) is 2.34. The smallest absolute Gasteiger partial charge is 0.231 e. The van der Waals surface area contributed by atoms with Crippen LogP contribution < -0.4 is 15.0 Å². The number of para-hydroxylation sites is 2. The van der Waals surface area contributed by atoms with Crippen molar-refractivity contribution in [2.24, 2.45) is 11.8 Å². The van der Waals surface area contributed by atoms with Crippen molar-refractivity contribution in [2.45, 2.75) is 6.92 Å². The zero-order chi connectivity index (χ0) is 13.1. The van der Waals surface area contributed by atoms with Gasteiger partial charge in [-0.3, -0.25) is 4.79 Å². The number of ether oxygens (including phenoxy) is 1. The fourth-order valence-electron chi connectivity index (χ4n) is 2.41. The average Bonchev–Trinajstić information content (AvgIpc) is 2.83. The molecule has 0 unspecified atom stereocenters. The summed E-state index contributed by atoms with van der Waals surface area (Å²) >= 11 is 0. The Morgan fingerprint density at radius 3 is 2.72 bits per heavy atom. The quantitative estimate of drug-likeness (QED) is 0.881. The fraction of sp³-hybridized carbons (Fsp3) is 0.500. The summed E-state index contributed by atoms with van der Waals surface area (Å²) < 4.78 is 5.30. The number of benzene rings is 1. The van der Waals surface area contributed by atoms with Gasteiger partial charge in [-0.25, -0.2) is 0 Å². The SMILES string of the molecule is COc1ccccc1N(C)C(=O)[C@@H]1CNC[C@H]1C. The molecule has 98 valence electrons. The first-order valence-corrected chi connectivity index (χ1v) is 6.26. The lowest BCUT2D eigenvalue weighted by atomic mass is 9.96. The van der Waals surface area contributed by atoms with Crippen LogP contribution in [0.15, 0.2) is 24.3 Å². The Morgan fingerprint density at radius 2 is 2.11 bits per heavy atom. The number of amides is 1. The molecule has 0 aromatic heterocycles. The second-order valence-electron chi connectivity index (χ2n) is 4.81. The predicted molar refractivity (Wildman–Crippen MR) is 71.9 cm³/mol. The Bertz CT molecular complexity index is 434. The van der Waals surface area contributed by atoms with Crippen molar-refractivity contribution < 1.29 is 9.53 Å². The summed E-state index contributed by atoms with van der Waals surface area (Å²) in [6.45, 7) is 3.79. The van der Waals surface area contributed by atoms with Gasteiger partial charge in [0.25, 0.3) is 0 Å². The van der Waals surface area contributed by atoms with Crippen LogP contribution in [0.1, 0.15) is 6.92 Å². The molecule has 2 atom stereocenters. The molecule has 0 radical (unpaired) electrons. The highest BCUT2D eigenvalue weighted by molar-refractivity contribution is 5.96. The minimum Gasteiger partial charge on any atom is -0.495 e. The van der Waals surface area contributed by atoms with Gasteiger partial charge in [-0.1, -0.05) is 19.1 Å². The number of anilines is 1. The van der Waals surface area contributed by atoms with Gasteiger partial charge in [0.2, 0.25) is 5.91 Å². The molecule has 4 nitrogen and oxygen atoms in total. The molecule has 1 aromatic carbocycles. The topological polar surface area (TPSA) is 41.6 Å². The van der Waals surface area contributed by atoms with Crippen LogP contribution in [0.3, 0.4) is 0 Å². The van der Waals surface area contributed by atoms with Gasteiger partial charge in [0, 0.05) is 13.6 Å². The van der Waals surface area contributed by atoms with Crippen molar-refractivity contribution in [3.8, 4) is 5.75 Å². The van der Waals surface area contributed by atoms with Gasteiger partial charge in [-0.15, -0.1) is 0 Å². The monoisotopic (exact) mass is 248 g/mol. The molecule has 1 N–H and O–H groups in total. The van der Waals surface area contributed by atoms with Crippen molar-refractivity contribution in [1.29, 1.82) is 0 Å². The number of carbonyl (C=O) groups is 1. The van der Waals surface area contributed by atoms with E-state index in [4.69, 9.17) is 4.74 Å². The van der Waals surface area contributed by atoms with E-state index < -0.39 is 0 Å². The normalized spacial score (nSPS) is 22.8. The second kappa shape index (κ2) is 5.40. The molecule has 18 heavy (non-hydrogen) atoms. The average molecular weight is 248 g/mol. The second-order valence-corrected chi connectivity index (χ2v) is 4.81. The van der Waals surface area contributed by atoms with E-state index >= 15 is 0 Å². The number of hydrogen-bond acceptors (Lipinski definition) is 3. The van der Waals surface area contributed by atoms with Crippen LogP contribution in [-0.4, -0.2) is 33.2 Å². The molecular formula is C14H20N2O2. The molecule has 2 rings (SSSR count). The third-order valence-corrected chi connectivity index (χ3v) is 3.61. The summed E-state index contributed by atoms with van der Waals surface area (Å²) in [5, 5.41) is 3.26. The molecule has 1 saturated heterocycles. The Labute approximate surface area is 108 Å². The maximum atomic E-state index is 12.5. The van der Waals surface area contributed by atoms with Crippen LogP contribution in [0.4, 0.5) is 5.69 Å². The molecule has 0 aliphatic carbocycles. The lowest BCUT2D eigenvalue weighted by molar-refractivity contribution is -0.122. The summed E-state index contributed by atoms with van der Waals surface area (Å²) in [6.07, 6.45) is 0. The summed E-state index contributed by atoms with van der Waals surface area (Å²) in [7, 11) is 3.43. The van der Waals surface area contributed by atoms with Gasteiger partial charge < -0.3 is 15.0 Å². The molecule has 0 saturated carbocycles. The van der Waals surface area contributed by atoms with E-state index in [1.54, 1.807) is 12.0 Å². The van der Waals surface area contributed by atoms with Crippen LogP contribution in [0.2, 0.25) is 0 Å². The highest BCUT2D eigenvalue weighted by Gasteiger charge is 2.32. The Kier molecular flexibility index (Phi) is 3.87. The van der Waals surface area contributed by atoms with Crippen LogP contribution >= 0.6 is 0 Å². The molecule has 1 aromatic rings. The first kappa shape index (κ1) is 12.9. The van der Waals surface area contributed by atoms with Gasteiger partial charge in [-0.05, 0) is 24.6 Å². The zero-order valence-electron chi connectivity index (χ0n) is 11.1. The number of rotatable bonds is 3. The first-order valence-electron chi connectivity index (χ1n) is 6.26.